The van der Waals surface area contributed by atoms with Crippen molar-refractivity contribution in [1.82, 2.24) is 14.9 Å². The SMILES string of the molecule is C=C1CN2CCC[C@@]2(COc2nc3c(c(N4CCCC(C)(O)C4)n2)COC(c2c(F)c(N)cc(C)c2C(F)(F)F)C3)C1. The number of nitrogens with zero attached hydrogens (tertiary/aromatic N) is 4. The summed E-state index contributed by atoms with van der Waals surface area (Å²) in [7, 11) is 0. The third-order valence-corrected chi connectivity index (χ3v) is 9.17. The van der Waals surface area contributed by atoms with Crippen LogP contribution in [0.2, 0.25) is 0 Å². The van der Waals surface area contributed by atoms with Gasteiger partial charge in [-0.2, -0.15) is 23.1 Å². The molecule has 3 atom stereocenters. The van der Waals surface area contributed by atoms with E-state index in [2.05, 4.69) is 16.5 Å². The summed E-state index contributed by atoms with van der Waals surface area (Å²) in [6.07, 6.45) is -1.99. The van der Waals surface area contributed by atoms with Crippen LogP contribution in [-0.2, 0) is 23.9 Å². The molecule has 0 spiro atoms. The molecule has 2 unspecified atom stereocenters. The maximum Gasteiger partial charge on any atom is 0.417 e. The predicted molar refractivity (Wildman–Crippen MR) is 149 cm³/mol. The molecule has 0 aliphatic carbocycles. The van der Waals surface area contributed by atoms with Gasteiger partial charge < -0.3 is 25.2 Å². The van der Waals surface area contributed by atoms with Gasteiger partial charge in [-0.1, -0.05) is 12.2 Å². The van der Waals surface area contributed by atoms with Gasteiger partial charge in [-0.15, -0.1) is 0 Å². The molecule has 0 bridgehead atoms. The van der Waals surface area contributed by atoms with Crippen LogP contribution < -0.4 is 15.4 Å². The molecule has 5 heterocycles. The van der Waals surface area contributed by atoms with Crippen molar-refractivity contribution in [1.29, 1.82) is 0 Å². The molecule has 1 aromatic heterocycles. The molecule has 8 nitrogen and oxygen atoms in total. The third-order valence-electron chi connectivity index (χ3n) is 9.17. The molecule has 0 saturated carbocycles. The van der Waals surface area contributed by atoms with Crippen LogP contribution in [0, 0.1) is 12.7 Å². The summed E-state index contributed by atoms with van der Waals surface area (Å²) in [6, 6.07) is 1.10. The van der Waals surface area contributed by atoms with E-state index in [9.17, 15) is 18.3 Å². The van der Waals surface area contributed by atoms with E-state index in [0.717, 1.165) is 50.4 Å². The Morgan fingerprint density at radius 2 is 2.00 bits per heavy atom. The van der Waals surface area contributed by atoms with E-state index in [4.69, 9.17) is 20.2 Å². The van der Waals surface area contributed by atoms with Crippen LogP contribution in [0.4, 0.5) is 29.1 Å². The number of alkyl halides is 3. The summed E-state index contributed by atoms with van der Waals surface area (Å²) < 4.78 is 69.9. The molecule has 228 valence electrons. The van der Waals surface area contributed by atoms with Crippen LogP contribution in [0.15, 0.2) is 18.2 Å². The minimum Gasteiger partial charge on any atom is -0.461 e. The highest BCUT2D eigenvalue weighted by Gasteiger charge is 2.47. The number of hydrogen-bond acceptors (Lipinski definition) is 8. The van der Waals surface area contributed by atoms with Crippen LogP contribution in [0.5, 0.6) is 6.01 Å². The number of fused-ring (bicyclic) bond motifs is 2. The first-order chi connectivity index (χ1) is 19.8. The van der Waals surface area contributed by atoms with Gasteiger partial charge in [0.25, 0.3) is 0 Å². The largest absolute Gasteiger partial charge is 0.461 e. The summed E-state index contributed by atoms with van der Waals surface area (Å²) in [6.45, 7) is 10.2. The summed E-state index contributed by atoms with van der Waals surface area (Å²) in [5.41, 5.74) is 4.60. The van der Waals surface area contributed by atoms with E-state index >= 15 is 4.39 Å². The molecule has 3 fully saturated rings. The molecular weight excluding hydrogens is 554 g/mol. The van der Waals surface area contributed by atoms with Gasteiger partial charge in [-0.05, 0) is 64.1 Å². The molecule has 2 aromatic rings. The Bertz CT molecular complexity index is 1410. The first kappa shape index (κ1) is 29.1. The monoisotopic (exact) mass is 591 g/mol. The number of nitrogen functional groups attached to an aromatic ring is 1. The fourth-order valence-electron chi connectivity index (χ4n) is 7.31. The van der Waals surface area contributed by atoms with Gasteiger partial charge in [0.05, 0.1) is 40.8 Å². The van der Waals surface area contributed by atoms with E-state index < -0.39 is 34.8 Å². The Morgan fingerprint density at radius 3 is 2.74 bits per heavy atom. The molecular formula is C30H37F4N5O3. The number of benzene rings is 1. The number of anilines is 2. The van der Waals surface area contributed by atoms with Gasteiger partial charge in [0.15, 0.2) is 5.82 Å². The number of aliphatic hydroxyl groups is 1. The fourth-order valence-corrected chi connectivity index (χ4v) is 7.31. The van der Waals surface area contributed by atoms with Crippen LogP contribution >= 0.6 is 0 Å². The highest BCUT2D eigenvalue weighted by Crippen LogP contribution is 2.45. The van der Waals surface area contributed by atoms with E-state index in [1.165, 1.54) is 6.92 Å². The Morgan fingerprint density at radius 1 is 1.24 bits per heavy atom. The molecule has 3 saturated heterocycles. The normalized spacial score (nSPS) is 28.2. The van der Waals surface area contributed by atoms with Crippen LogP contribution in [-0.4, -0.2) is 63.9 Å². The van der Waals surface area contributed by atoms with E-state index in [0.29, 0.717) is 43.2 Å². The topological polar surface area (TPSA) is 97.0 Å². The van der Waals surface area contributed by atoms with Crippen molar-refractivity contribution in [3.63, 3.8) is 0 Å². The average molecular weight is 592 g/mol. The number of nitrogens with two attached hydrogens (primary N) is 1. The highest BCUT2D eigenvalue weighted by molar-refractivity contribution is 5.55. The van der Waals surface area contributed by atoms with Crippen LogP contribution in [0.25, 0.3) is 0 Å². The number of halogens is 4. The highest BCUT2D eigenvalue weighted by atomic mass is 19.4. The number of β-amino-alcohol motifs (C(OH)–C–C–N with tert-alkyl or cyclic N) is 1. The zero-order valence-corrected chi connectivity index (χ0v) is 24.0. The molecule has 4 aliphatic rings. The maximum absolute atomic E-state index is 15.3. The van der Waals surface area contributed by atoms with E-state index in [1.54, 1.807) is 6.92 Å². The standard InChI is InChI=1S/C30H37F4N5O3/c1-17-12-29(7-5-9-39(29)13-17)16-42-27-36-21-11-22(23-24(30(32,33)34)18(2)10-20(35)25(23)31)41-14-19(21)26(37-27)38-8-4-6-28(3,40)15-38/h10,22,40H,1,4-9,11-16,35H2,2-3H3/t22?,28?,29-/m0/s1. The lowest BCUT2D eigenvalue weighted by molar-refractivity contribution is -0.140. The first-order valence-corrected chi connectivity index (χ1v) is 14.5. The van der Waals surface area contributed by atoms with Crippen LogP contribution in [0.3, 0.4) is 0 Å². The minimum atomic E-state index is -4.81. The van der Waals surface area contributed by atoms with Crippen molar-refractivity contribution >= 4 is 11.5 Å². The van der Waals surface area contributed by atoms with Crippen molar-refractivity contribution < 1.29 is 32.1 Å². The quantitative estimate of drug-likeness (QED) is 0.289. The predicted octanol–water partition coefficient (Wildman–Crippen LogP) is 4.86. The Balaban J connectivity index is 1.38. The summed E-state index contributed by atoms with van der Waals surface area (Å²) in [5.74, 6) is -0.619. The van der Waals surface area contributed by atoms with Crippen molar-refractivity contribution in [3.05, 3.63) is 52.0 Å². The maximum atomic E-state index is 15.3. The lowest BCUT2D eigenvalue weighted by atomic mass is 9.91. The smallest absolute Gasteiger partial charge is 0.417 e. The molecule has 0 radical (unpaired) electrons. The number of aromatic nitrogens is 2. The van der Waals surface area contributed by atoms with Crippen molar-refractivity contribution in [3.8, 4) is 6.01 Å². The van der Waals surface area contributed by atoms with Crippen molar-refractivity contribution in [2.24, 2.45) is 0 Å². The van der Waals surface area contributed by atoms with E-state index in [1.807, 2.05) is 4.90 Å². The lowest BCUT2D eigenvalue weighted by Gasteiger charge is -2.39. The van der Waals surface area contributed by atoms with Gasteiger partial charge in [0, 0.05) is 37.2 Å². The fraction of sp³-hybridized carbons (Fsp3) is 0.600. The average Bonchev–Trinajstić information content (AvgIpc) is 3.43. The second kappa shape index (κ2) is 10.3. The third kappa shape index (κ3) is 5.22. The first-order valence-electron chi connectivity index (χ1n) is 14.5. The number of aryl methyl sites for hydroxylation is 1. The molecule has 12 heteroatoms. The van der Waals surface area contributed by atoms with Crippen molar-refractivity contribution in [2.75, 3.05) is 43.4 Å². The number of piperidine rings is 1. The summed E-state index contributed by atoms with van der Waals surface area (Å²) in [5, 5.41) is 10.8. The molecule has 3 N–H and O–H groups in total. The van der Waals surface area contributed by atoms with Gasteiger partial charge in [0.2, 0.25) is 0 Å². The number of hydrogen-bond donors (Lipinski definition) is 2. The molecule has 42 heavy (non-hydrogen) atoms. The van der Waals surface area contributed by atoms with Gasteiger partial charge in [0.1, 0.15) is 12.4 Å². The zero-order chi connectivity index (χ0) is 30.0. The van der Waals surface area contributed by atoms with Crippen molar-refractivity contribution in [2.45, 2.75) is 82.4 Å². The lowest BCUT2D eigenvalue weighted by Crippen LogP contribution is -2.47. The number of rotatable bonds is 5. The zero-order valence-electron chi connectivity index (χ0n) is 24.0. The second-order valence-electron chi connectivity index (χ2n) is 12.6. The second-order valence-corrected chi connectivity index (χ2v) is 12.6. The Labute approximate surface area is 242 Å². The van der Waals surface area contributed by atoms with Crippen LogP contribution in [0.1, 0.15) is 73.1 Å². The van der Waals surface area contributed by atoms with E-state index in [-0.39, 0.29) is 35.8 Å². The molecule has 6 rings (SSSR count). The summed E-state index contributed by atoms with van der Waals surface area (Å²) in [4.78, 5) is 13.7. The number of ether oxygens (including phenoxy) is 2. The molecule has 1 aromatic carbocycles. The van der Waals surface area contributed by atoms with Gasteiger partial charge in [-0.25, -0.2) is 4.39 Å². The van der Waals surface area contributed by atoms with Gasteiger partial charge in [-0.3, -0.25) is 4.90 Å². The molecule has 4 aliphatic heterocycles. The minimum absolute atomic E-state index is 0.105. The Kier molecular flexibility index (Phi) is 7.17. The Hall–Kier alpha value is -2.96. The molecule has 0 amide bonds. The van der Waals surface area contributed by atoms with Gasteiger partial charge >= 0.3 is 12.2 Å². The summed E-state index contributed by atoms with van der Waals surface area (Å²) >= 11 is 0.